The Morgan fingerprint density at radius 2 is 1.76 bits per heavy atom. The van der Waals surface area contributed by atoms with Crippen molar-refractivity contribution in [2.75, 3.05) is 39.4 Å². The third-order valence-electron chi connectivity index (χ3n) is 11.1. The third kappa shape index (κ3) is 7.12. The van der Waals surface area contributed by atoms with Crippen LogP contribution < -0.4 is 15.0 Å². The Hall–Kier alpha value is -5.44. The number of ether oxygens (including phenoxy) is 2. The zero-order valence-corrected chi connectivity index (χ0v) is 31.4. The van der Waals surface area contributed by atoms with Crippen molar-refractivity contribution in [3.63, 3.8) is 0 Å². The van der Waals surface area contributed by atoms with E-state index in [0.29, 0.717) is 67.4 Å². The van der Waals surface area contributed by atoms with Crippen LogP contribution in [0.4, 0.5) is 0 Å². The van der Waals surface area contributed by atoms with E-state index < -0.39 is 5.60 Å². The summed E-state index contributed by atoms with van der Waals surface area (Å²) in [6.07, 6.45) is 8.28. The average Bonchev–Trinajstić information content (AvgIpc) is 3.87. The van der Waals surface area contributed by atoms with Crippen LogP contribution in [-0.4, -0.2) is 95.1 Å². The van der Waals surface area contributed by atoms with Crippen LogP contribution in [0.1, 0.15) is 41.3 Å². The first-order valence-electron chi connectivity index (χ1n) is 18.8. The minimum absolute atomic E-state index is 0.0383. The van der Waals surface area contributed by atoms with Gasteiger partial charge in [0.2, 0.25) is 5.91 Å². The molecule has 13 nitrogen and oxygen atoms in total. The zero-order valence-electron chi connectivity index (χ0n) is 30.6. The lowest BCUT2D eigenvalue weighted by molar-refractivity contribution is -0.142. The maximum Gasteiger partial charge on any atom is 0.264 e. The number of pyridine rings is 1. The molecule has 3 aliphatic heterocycles. The number of hydrogen-bond donors (Lipinski definition) is 1. The van der Waals surface area contributed by atoms with E-state index in [2.05, 4.69) is 43.1 Å². The largest absolute Gasteiger partial charge is 0.486 e. The van der Waals surface area contributed by atoms with E-state index in [0.717, 1.165) is 47.9 Å². The molecule has 3 aliphatic rings. The average molecular weight is 759 g/mol. The number of piperidine rings is 2. The monoisotopic (exact) mass is 758 g/mol. The summed E-state index contributed by atoms with van der Waals surface area (Å²) in [5.41, 5.74) is 2.84. The van der Waals surface area contributed by atoms with Gasteiger partial charge in [0, 0.05) is 72.6 Å². The fourth-order valence-electron chi connectivity index (χ4n) is 8.09. The Bertz CT molecular complexity index is 2390. The number of aryl methyl sites for hydroxylation is 1. The number of carbonyl (C=O) groups is 1. The van der Waals surface area contributed by atoms with Gasteiger partial charge in [-0.05, 0) is 62.6 Å². The molecule has 0 unspecified atom stereocenters. The van der Waals surface area contributed by atoms with Gasteiger partial charge in [-0.3, -0.25) is 24.0 Å². The van der Waals surface area contributed by atoms with Crippen LogP contribution in [0.3, 0.4) is 0 Å². The Kier molecular flexibility index (Phi) is 9.40. The predicted molar refractivity (Wildman–Crippen MR) is 208 cm³/mol. The van der Waals surface area contributed by atoms with Crippen molar-refractivity contribution in [1.82, 2.24) is 39.1 Å². The van der Waals surface area contributed by atoms with E-state index in [1.807, 2.05) is 66.7 Å². The topological polar surface area (TPSA) is 141 Å². The lowest BCUT2D eigenvalue weighted by Crippen LogP contribution is -2.53. The van der Waals surface area contributed by atoms with Crippen LogP contribution in [0.15, 0.2) is 90.4 Å². The normalized spacial score (nSPS) is 19.8. The smallest absolute Gasteiger partial charge is 0.264 e. The first kappa shape index (κ1) is 35.3. The molecular weight excluding hydrogens is 717 g/mol. The number of fused-ring (bicyclic) bond motifs is 2. The number of thiazole rings is 1. The van der Waals surface area contributed by atoms with Gasteiger partial charge < -0.3 is 19.5 Å². The fraction of sp³-hybridized carbons (Fsp3) is 0.366. The Labute approximate surface area is 321 Å². The minimum Gasteiger partial charge on any atom is -0.486 e. The van der Waals surface area contributed by atoms with Crippen LogP contribution in [0.2, 0.25) is 0 Å². The molecule has 55 heavy (non-hydrogen) atoms. The van der Waals surface area contributed by atoms with Crippen LogP contribution >= 0.6 is 11.3 Å². The predicted octanol–water partition coefficient (Wildman–Crippen LogP) is 4.84. The summed E-state index contributed by atoms with van der Waals surface area (Å²) in [7, 11) is 0. The first-order chi connectivity index (χ1) is 26.8. The summed E-state index contributed by atoms with van der Waals surface area (Å²) < 4.78 is 14.4. The molecule has 14 heteroatoms. The van der Waals surface area contributed by atoms with E-state index >= 15 is 0 Å². The number of nitrogens with zero attached hydrogens (tertiary/aromatic N) is 8. The SMILES string of the molecule is Cc1ccc(-c2ncc(CN3CC[C@@H](C(=O)N4CCC(O)(Cn5cnc6c(cnn6-c6ccc7c(c6)OCCO7)c5=O)CC4)[C@H](c4ccccc4)C3)s2)cn1. The highest BCUT2D eigenvalue weighted by atomic mass is 32.1. The summed E-state index contributed by atoms with van der Waals surface area (Å²) in [4.78, 5) is 47.1. The first-order valence-corrected chi connectivity index (χ1v) is 19.6. The number of carbonyl (C=O) groups excluding carboxylic acids is 1. The zero-order chi connectivity index (χ0) is 37.5. The number of hydrogen-bond acceptors (Lipinski definition) is 11. The maximum absolute atomic E-state index is 14.3. The highest BCUT2D eigenvalue weighted by molar-refractivity contribution is 7.15. The second-order valence-electron chi connectivity index (χ2n) is 14.8. The molecule has 2 fully saturated rings. The van der Waals surface area contributed by atoms with Crippen LogP contribution in [0, 0.1) is 12.8 Å². The number of benzene rings is 2. The summed E-state index contributed by atoms with van der Waals surface area (Å²) in [6.45, 7) is 6.20. The molecule has 1 N–H and O–H groups in total. The van der Waals surface area contributed by atoms with Gasteiger partial charge >= 0.3 is 0 Å². The molecule has 0 spiro atoms. The third-order valence-corrected chi connectivity index (χ3v) is 12.2. The number of aliphatic hydroxyl groups is 1. The molecule has 2 atom stereocenters. The second kappa shape index (κ2) is 14.7. The van der Waals surface area contributed by atoms with E-state index in [9.17, 15) is 14.7 Å². The van der Waals surface area contributed by atoms with Crippen molar-refractivity contribution < 1.29 is 19.4 Å². The highest BCUT2D eigenvalue weighted by Crippen LogP contribution is 2.37. The standard InChI is InChI=1S/C41H42N8O5S/c1-27-7-8-29(20-42-27)38-43-21-31(55-38)23-46-14-11-32(34(24-46)28-5-3-2-4-6-28)39(50)47-15-12-41(52,13-16-47)25-48-26-44-37-33(40(48)51)22-45-49(37)30-9-10-35-36(19-30)54-18-17-53-35/h2-10,19-22,26,32,34,52H,11-18,23-25H2,1H3/t32-,34+/m1/s1. The molecular formula is C41H42N8O5S. The lowest BCUT2D eigenvalue weighted by atomic mass is 9.79. The van der Waals surface area contributed by atoms with Gasteiger partial charge in [0.05, 0.1) is 24.0 Å². The van der Waals surface area contributed by atoms with Crippen LogP contribution in [-0.2, 0) is 17.9 Å². The fourth-order valence-corrected chi connectivity index (χ4v) is 9.04. The quantitative estimate of drug-likeness (QED) is 0.229. The summed E-state index contributed by atoms with van der Waals surface area (Å²) in [5.74, 6) is 1.29. The number of likely N-dealkylation sites (tertiary alicyclic amines) is 2. The van der Waals surface area contributed by atoms with Crippen molar-refractivity contribution in [1.29, 1.82) is 0 Å². The van der Waals surface area contributed by atoms with Gasteiger partial charge in [-0.2, -0.15) is 5.10 Å². The molecule has 4 aromatic heterocycles. The highest BCUT2D eigenvalue weighted by Gasteiger charge is 2.41. The van der Waals surface area contributed by atoms with E-state index in [1.54, 1.807) is 16.0 Å². The van der Waals surface area contributed by atoms with Gasteiger partial charge in [0.25, 0.3) is 5.56 Å². The van der Waals surface area contributed by atoms with Crippen molar-refractivity contribution in [2.24, 2.45) is 5.92 Å². The summed E-state index contributed by atoms with van der Waals surface area (Å²) in [6, 6.07) is 19.9. The molecule has 6 aromatic rings. The molecule has 7 heterocycles. The molecule has 0 radical (unpaired) electrons. The van der Waals surface area contributed by atoms with E-state index in [4.69, 9.17) is 9.47 Å². The minimum atomic E-state index is -1.16. The molecule has 0 bridgehead atoms. The van der Waals surface area contributed by atoms with Crippen LogP contribution in [0.25, 0.3) is 27.3 Å². The maximum atomic E-state index is 14.3. The molecule has 2 saturated heterocycles. The van der Waals surface area contributed by atoms with E-state index in [1.165, 1.54) is 22.0 Å². The lowest BCUT2D eigenvalue weighted by Gasteiger charge is -2.43. The van der Waals surface area contributed by atoms with Crippen molar-refractivity contribution in [2.45, 2.75) is 50.8 Å². The van der Waals surface area contributed by atoms with E-state index in [-0.39, 0.29) is 29.8 Å². The van der Waals surface area contributed by atoms with Crippen molar-refractivity contribution in [3.05, 3.63) is 112 Å². The number of amides is 1. The number of rotatable bonds is 8. The summed E-state index contributed by atoms with van der Waals surface area (Å²) in [5, 5.41) is 17.5. The van der Waals surface area contributed by atoms with Gasteiger partial charge in [0.1, 0.15) is 29.9 Å². The second-order valence-corrected chi connectivity index (χ2v) is 15.9. The Morgan fingerprint density at radius 1 is 0.945 bits per heavy atom. The molecule has 282 valence electrons. The van der Waals surface area contributed by atoms with Gasteiger partial charge in [-0.1, -0.05) is 30.3 Å². The molecule has 2 aromatic carbocycles. The molecule has 0 aliphatic carbocycles. The van der Waals surface area contributed by atoms with Crippen LogP contribution in [0.5, 0.6) is 11.5 Å². The van der Waals surface area contributed by atoms with Crippen molar-refractivity contribution >= 4 is 28.3 Å². The number of aromatic nitrogens is 6. The Morgan fingerprint density at radius 3 is 2.56 bits per heavy atom. The molecule has 1 amide bonds. The van der Waals surface area contributed by atoms with Crippen molar-refractivity contribution in [3.8, 4) is 27.8 Å². The molecule has 0 saturated carbocycles. The summed E-state index contributed by atoms with van der Waals surface area (Å²) >= 11 is 1.69. The van der Waals surface area contributed by atoms with Gasteiger partial charge in [-0.15, -0.1) is 11.3 Å². The van der Waals surface area contributed by atoms with Gasteiger partial charge in [-0.25, -0.2) is 14.6 Å². The Balaban J connectivity index is 0.857. The van der Waals surface area contributed by atoms with Gasteiger partial charge in [0.15, 0.2) is 17.1 Å². The molecule has 9 rings (SSSR count).